The Morgan fingerprint density at radius 1 is 1.43 bits per heavy atom. The first-order valence-electron chi connectivity index (χ1n) is 1.50. The SMILES string of the molecule is N#CBC(F)(F)F. The zero-order valence-corrected chi connectivity index (χ0v) is 3.29. The van der Waals surface area contributed by atoms with Gasteiger partial charge in [0, 0.05) is 5.97 Å². The minimum absolute atomic E-state index is 0.983. The summed E-state index contributed by atoms with van der Waals surface area (Å²) in [6.45, 7) is 0. The smallest absolute Gasteiger partial charge is 0.213 e. The van der Waals surface area contributed by atoms with Gasteiger partial charge in [-0.05, 0) is 0 Å². The molecule has 1 nitrogen and oxygen atoms in total. The fourth-order valence-corrected chi connectivity index (χ4v) is 0.0896. The van der Waals surface area contributed by atoms with Crippen LogP contribution in [0.1, 0.15) is 0 Å². The minimum atomic E-state index is -4.31. The van der Waals surface area contributed by atoms with Gasteiger partial charge < -0.3 is 0 Å². The molecule has 0 aromatic rings. The van der Waals surface area contributed by atoms with Gasteiger partial charge in [0.1, 0.15) is 0 Å². The average Bonchev–Trinajstić information content (AvgIpc) is 1.30. The Balaban J connectivity index is 3.40. The molecule has 0 saturated carbocycles. The van der Waals surface area contributed by atoms with Gasteiger partial charge in [-0.1, -0.05) is 0 Å². The normalized spacial score (nSPS) is 10.0. The average molecular weight is 107 g/mol. The third kappa shape index (κ3) is 5.34. The van der Waals surface area contributed by atoms with Crippen LogP contribution in [0.2, 0.25) is 0 Å². The Kier molecular flexibility index (Phi) is 1.70. The molecular weight excluding hydrogens is 106 g/mol. The molecule has 0 atom stereocenters. The predicted octanol–water partition coefficient (Wildman–Crippen LogP) is 0.424. The fraction of sp³-hybridized carbons (Fsp3) is 0.500. The molecular formula is C2HBF3N. The first kappa shape index (κ1) is 6.34. The lowest BCUT2D eigenvalue weighted by molar-refractivity contribution is -0.0454. The third-order valence-electron chi connectivity index (χ3n) is 0.280. The van der Waals surface area contributed by atoms with E-state index in [1.807, 2.05) is 0 Å². The number of halogens is 3. The van der Waals surface area contributed by atoms with Crippen LogP contribution in [0.4, 0.5) is 13.2 Å². The van der Waals surface area contributed by atoms with Crippen molar-refractivity contribution in [3.8, 4) is 5.97 Å². The van der Waals surface area contributed by atoms with Gasteiger partial charge in [0.15, 0.2) is 0 Å². The largest absolute Gasteiger partial charge is 0.377 e. The lowest BCUT2D eigenvalue weighted by Gasteiger charge is -1.93. The molecule has 0 spiro atoms. The van der Waals surface area contributed by atoms with Crippen molar-refractivity contribution in [2.75, 3.05) is 0 Å². The van der Waals surface area contributed by atoms with Crippen molar-refractivity contribution in [2.24, 2.45) is 0 Å². The Morgan fingerprint density at radius 2 is 1.86 bits per heavy atom. The van der Waals surface area contributed by atoms with E-state index in [-0.39, 0.29) is 0 Å². The van der Waals surface area contributed by atoms with E-state index in [2.05, 4.69) is 0 Å². The van der Waals surface area contributed by atoms with E-state index in [4.69, 9.17) is 5.26 Å². The second-order valence-electron chi connectivity index (χ2n) is 0.950. The second-order valence-corrected chi connectivity index (χ2v) is 0.950. The molecule has 38 valence electrons. The van der Waals surface area contributed by atoms with Crippen LogP contribution in [0.15, 0.2) is 0 Å². The molecule has 7 heavy (non-hydrogen) atoms. The van der Waals surface area contributed by atoms with Gasteiger partial charge in [0.25, 0.3) is 0 Å². The van der Waals surface area contributed by atoms with E-state index in [9.17, 15) is 13.2 Å². The van der Waals surface area contributed by atoms with Crippen molar-refractivity contribution in [2.45, 2.75) is 6.08 Å². The molecule has 0 rings (SSSR count). The fourth-order valence-electron chi connectivity index (χ4n) is 0.0896. The Hall–Kier alpha value is -0.655. The summed E-state index contributed by atoms with van der Waals surface area (Å²) in [5, 5.41) is 7.43. The lowest BCUT2D eigenvalue weighted by atomic mass is 9.81. The quantitative estimate of drug-likeness (QED) is 0.411. The monoisotopic (exact) mass is 107 g/mol. The van der Waals surface area contributed by atoms with E-state index in [0.717, 1.165) is 5.97 Å². The summed E-state index contributed by atoms with van der Waals surface area (Å²) < 4.78 is 32.5. The highest BCUT2D eigenvalue weighted by molar-refractivity contribution is 6.47. The lowest BCUT2D eigenvalue weighted by Crippen LogP contribution is -2.15. The van der Waals surface area contributed by atoms with Gasteiger partial charge in [0.2, 0.25) is 0 Å². The molecule has 0 radical (unpaired) electrons. The first-order chi connectivity index (χ1) is 3.06. The van der Waals surface area contributed by atoms with Crippen LogP contribution in [0.3, 0.4) is 0 Å². The molecule has 0 aromatic carbocycles. The zero-order valence-electron chi connectivity index (χ0n) is 3.29. The number of nitriles is 1. The van der Waals surface area contributed by atoms with E-state index in [1.165, 1.54) is 0 Å². The van der Waals surface area contributed by atoms with E-state index >= 15 is 0 Å². The molecule has 0 amide bonds. The van der Waals surface area contributed by atoms with Crippen LogP contribution in [0.5, 0.6) is 0 Å². The molecule has 0 heterocycles. The van der Waals surface area contributed by atoms with Crippen molar-refractivity contribution in [1.82, 2.24) is 0 Å². The van der Waals surface area contributed by atoms with Gasteiger partial charge in [0.05, 0.1) is 0 Å². The number of hydrogen-bond acceptors (Lipinski definition) is 1. The van der Waals surface area contributed by atoms with Gasteiger partial charge in [-0.15, -0.1) is 0 Å². The molecule has 0 aliphatic carbocycles. The number of rotatable bonds is 0. The maximum absolute atomic E-state index is 10.8. The molecule has 0 saturated heterocycles. The van der Waals surface area contributed by atoms with Gasteiger partial charge in [-0.25, -0.2) is 5.26 Å². The topological polar surface area (TPSA) is 23.8 Å². The highest BCUT2D eigenvalue weighted by atomic mass is 19.4. The summed E-state index contributed by atoms with van der Waals surface area (Å²) >= 11 is 0. The Morgan fingerprint density at radius 3 is 1.86 bits per heavy atom. The van der Waals surface area contributed by atoms with E-state index in [1.54, 1.807) is 0 Å². The van der Waals surface area contributed by atoms with Gasteiger partial charge in [-0.2, -0.15) is 13.2 Å². The van der Waals surface area contributed by atoms with Crippen LogP contribution in [0.25, 0.3) is 0 Å². The molecule has 0 aromatic heterocycles. The molecule has 0 fully saturated rings. The molecule has 0 N–H and O–H groups in total. The van der Waals surface area contributed by atoms with Gasteiger partial charge >= 0.3 is 13.4 Å². The predicted molar refractivity (Wildman–Crippen MR) is 18.8 cm³/mol. The molecule has 5 heteroatoms. The van der Waals surface area contributed by atoms with Crippen LogP contribution >= 0.6 is 0 Å². The molecule has 0 aliphatic heterocycles. The maximum atomic E-state index is 10.8. The van der Waals surface area contributed by atoms with Crippen LogP contribution in [0, 0.1) is 11.2 Å². The van der Waals surface area contributed by atoms with Crippen molar-refractivity contribution in [3.05, 3.63) is 0 Å². The van der Waals surface area contributed by atoms with Crippen molar-refractivity contribution in [3.63, 3.8) is 0 Å². The molecule has 0 unspecified atom stereocenters. The second kappa shape index (κ2) is 1.87. The highest BCUT2D eigenvalue weighted by Gasteiger charge is 2.28. The third-order valence-corrected chi connectivity index (χ3v) is 0.280. The standard InChI is InChI=1S/C2HBF3N/c4-2(5,6)3-1-7/h3H. The van der Waals surface area contributed by atoms with E-state index < -0.39 is 13.4 Å². The molecule has 0 aliphatic rings. The van der Waals surface area contributed by atoms with Crippen LogP contribution in [-0.2, 0) is 0 Å². The summed E-state index contributed by atoms with van der Waals surface area (Å²) in [5.74, 6) is 0.983. The maximum Gasteiger partial charge on any atom is 0.377 e. The Bertz CT molecular complexity index is 90.1. The number of alkyl halides is 3. The molecule has 0 bridgehead atoms. The summed E-state index contributed by atoms with van der Waals surface area (Å²) in [7, 11) is -1.35. The van der Waals surface area contributed by atoms with Gasteiger partial charge in [-0.3, -0.25) is 0 Å². The minimum Gasteiger partial charge on any atom is -0.213 e. The zero-order chi connectivity index (χ0) is 5.91. The van der Waals surface area contributed by atoms with Crippen molar-refractivity contribution >= 4 is 7.28 Å². The summed E-state index contributed by atoms with van der Waals surface area (Å²) in [6.07, 6.45) is -4.31. The van der Waals surface area contributed by atoms with E-state index in [0.29, 0.717) is 0 Å². The van der Waals surface area contributed by atoms with Crippen LogP contribution in [-0.4, -0.2) is 13.4 Å². The number of hydrogen-bond donors (Lipinski definition) is 0. The van der Waals surface area contributed by atoms with Crippen LogP contribution < -0.4 is 0 Å². The summed E-state index contributed by atoms with van der Waals surface area (Å²) in [5.41, 5.74) is 0. The Labute approximate surface area is 39.0 Å². The number of nitrogens with zero attached hydrogens (tertiary/aromatic N) is 1. The summed E-state index contributed by atoms with van der Waals surface area (Å²) in [4.78, 5) is 0. The first-order valence-corrected chi connectivity index (χ1v) is 1.50. The highest BCUT2D eigenvalue weighted by Crippen LogP contribution is 2.10. The van der Waals surface area contributed by atoms with Crippen molar-refractivity contribution in [1.29, 1.82) is 5.26 Å². The van der Waals surface area contributed by atoms with Crippen molar-refractivity contribution < 1.29 is 13.2 Å². The summed E-state index contributed by atoms with van der Waals surface area (Å²) in [6, 6.07) is 0.